The Morgan fingerprint density at radius 3 is 2.53 bits per heavy atom. The molecule has 0 aliphatic rings. The van der Waals surface area contributed by atoms with Crippen molar-refractivity contribution in [2.24, 2.45) is 0 Å². The predicted molar refractivity (Wildman–Crippen MR) is 76.1 cm³/mol. The number of nitrogens with zero attached hydrogens (tertiary/aromatic N) is 1. The van der Waals surface area contributed by atoms with Gasteiger partial charge in [-0.15, -0.1) is 0 Å². The summed E-state index contributed by atoms with van der Waals surface area (Å²) in [7, 11) is 1.94. The summed E-state index contributed by atoms with van der Waals surface area (Å²) in [6.45, 7) is 3.98. The maximum absolute atomic E-state index is 13.3. The molecule has 2 rings (SSSR count). The molecule has 0 aliphatic heterocycles. The second-order valence-corrected chi connectivity index (χ2v) is 4.78. The molecule has 3 heteroatoms. The van der Waals surface area contributed by atoms with Crippen molar-refractivity contribution >= 4 is 5.69 Å². The number of hydrogen-bond acceptors (Lipinski definition) is 2. The summed E-state index contributed by atoms with van der Waals surface area (Å²) in [6, 6.07) is 11.9. The van der Waals surface area contributed by atoms with Crippen molar-refractivity contribution in [1.29, 1.82) is 0 Å². The molecule has 0 amide bonds. The maximum atomic E-state index is 13.3. The van der Waals surface area contributed by atoms with Gasteiger partial charge in [-0.05, 0) is 43.7 Å². The van der Waals surface area contributed by atoms with Gasteiger partial charge >= 0.3 is 0 Å². The van der Waals surface area contributed by atoms with Gasteiger partial charge in [-0.25, -0.2) is 4.39 Å². The fraction of sp³-hybridized carbons (Fsp3) is 0.250. The van der Waals surface area contributed by atoms with Gasteiger partial charge in [0.2, 0.25) is 0 Å². The maximum Gasteiger partial charge on any atom is 0.123 e. The molecule has 2 aromatic carbocycles. The number of anilines is 1. The molecule has 0 saturated heterocycles. The van der Waals surface area contributed by atoms with Crippen LogP contribution < -0.4 is 4.90 Å². The number of benzene rings is 2. The third-order valence-electron chi connectivity index (χ3n) is 3.52. The molecule has 0 spiro atoms. The summed E-state index contributed by atoms with van der Waals surface area (Å²) in [5, 5.41) is 9.88. The van der Waals surface area contributed by atoms with Gasteiger partial charge in [0.15, 0.2) is 0 Å². The van der Waals surface area contributed by atoms with Crippen LogP contribution in [0.5, 0.6) is 5.75 Å². The average Bonchev–Trinajstić information content (AvgIpc) is 2.40. The minimum Gasteiger partial charge on any atom is -0.508 e. The summed E-state index contributed by atoms with van der Waals surface area (Å²) >= 11 is 0. The second kappa shape index (κ2) is 5.31. The molecule has 0 aromatic heterocycles. The lowest BCUT2D eigenvalue weighted by Gasteiger charge is -2.29. The smallest absolute Gasteiger partial charge is 0.123 e. The zero-order valence-corrected chi connectivity index (χ0v) is 11.4. The van der Waals surface area contributed by atoms with Gasteiger partial charge in [-0.1, -0.05) is 18.2 Å². The zero-order valence-electron chi connectivity index (χ0n) is 11.4. The number of halogens is 1. The number of aryl methyl sites for hydroxylation is 1. The highest BCUT2D eigenvalue weighted by molar-refractivity contribution is 5.55. The molecular weight excluding hydrogens is 241 g/mol. The lowest BCUT2D eigenvalue weighted by molar-refractivity contribution is 0.459. The Balaban J connectivity index is 2.36. The highest BCUT2D eigenvalue weighted by Crippen LogP contribution is 2.32. The molecule has 0 bridgehead atoms. The number of hydrogen-bond donors (Lipinski definition) is 1. The fourth-order valence-electron chi connectivity index (χ4n) is 2.24. The predicted octanol–water partition coefficient (Wildman–Crippen LogP) is 4.04. The van der Waals surface area contributed by atoms with Crippen LogP contribution in [0.25, 0.3) is 0 Å². The molecule has 1 N–H and O–H groups in total. The van der Waals surface area contributed by atoms with Crippen molar-refractivity contribution in [2.75, 3.05) is 11.9 Å². The third-order valence-corrected chi connectivity index (χ3v) is 3.52. The molecule has 0 aliphatic carbocycles. The zero-order chi connectivity index (χ0) is 14.0. The normalized spacial score (nSPS) is 12.2. The summed E-state index contributed by atoms with van der Waals surface area (Å²) in [5.74, 6) is -0.216. The molecule has 0 fully saturated rings. The van der Waals surface area contributed by atoms with Crippen LogP contribution in [-0.4, -0.2) is 12.2 Å². The topological polar surface area (TPSA) is 23.5 Å². The minimum atomic E-state index is -0.335. The number of rotatable bonds is 3. The summed E-state index contributed by atoms with van der Waals surface area (Å²) in [6.07, 6.45) is 0. The second-order valence-electron chi connectivity index (χ2n) is 4.78. The van der Waals surface area contributed by atoms with Crippen LogP contribution in [0.2, 0.25) is 0 Å². The first-order chi connectivity index (χ1) is 9.00. The van der Waals surface area contributed by atoms with Crippen molar-refractivity contribution in [1.82, 2.24) is 0 Å². The van der Waals surface area contributed by atoms with Crippen LogP contribution in [0.4, 0.5) is 10.1 Å². The van der Waals surface area contributed by atoms with Crippen LogP contribution in [0.15, 0.2) is 42.5 Å². The summed E-state index contributed by atoms with van der Waals surface area (Å²) in [4.78, 5) is 2.03. The van der Waals surface area contributed by atoms with E-state index in [0.717, 1.165) is 11.3 Å². The van der Waals surface area contributed by atoms with E-state index in [9.17, 15) is 9.50 Å². The molecule has 100 valence electrons. The van der Waals surface area contributed by atoms with Gasteiger partial charge in [0.1, 0.15) is 11.6 Å². The van der Waals surface area contributed by atoms with E-state index in [1.165, 1.54) is 18.2 Å². The van der Waals surface area contributed by atoms with Gasteiger partial charge in [0.05, 0.1) is 6.04 Å². The van der Waals surface area contributed by atoms with Crippen molar-refractivity contribution in [3.05, 3.63) is 59.4 Å². The van der Waals surface area contributed by atoms with Crippen LogP contribution >= 0.6 is 0 Å². The van der Waals surface area contributed by atoms with E-state index in [1.807, 2.05) is 50.1 Å². The molecule has 1 unspecified atom stereocenters. The van der Waals surface area contributed by atoms with Gasteiger partial charge < -0.3 is 10.0 Å². The molecule has 2 aromatic rings. The first-order valence-corrected chi connectivity index (χ1v) is 6.27. The van der Waals surface area contributed by atoms with Crippen molar-refractivity contribution in [3.63, 3.8) is 0 Å². The molecular formula is C16H18FNO. The Labute approximate surface area is 113 Å². The standard InChI is InChI=1S/C16H18FNO/c1-11-6-4-5-7-15(11)18(3)12(2)14-10-13(17)8-9-16(14)19/h4-10,12,19H,1-3H3. The van der Waals surface area contributed by atoms with Gasteiger partial charge in [0, 0.05) is 18.3 Å². The Morgan fingerprint density at radius 2 is 1.84 bits per heavy atom. The highest BCUT2D eigenvalue weighted by atomic mass is 19.1. The van der Waals surface area contributed by atoms with Crippen molar-refractivity contribution < 1.29 is 9.50 Å². The van der Waals surface area contributed by atoms with E-state index in [4.69, 9.17) is 0 Å². The number of para-hydroxylation sites is 1. The van der Waals surface area contributed by atoms with E-state index in [-0.39, 0.29) is 17.6 Å². The van der Waals surface area contributed by atoms with Crippen LogP contribution in [0.3, 0.4) is 0 Å². The molecule has 19 heavy (non-hydrogen) atoms. The summed E-state index contributed by atoms with van der Waals surface area (Å²) in [5.41, 5.74) is 2.80. The largest absolute Gasteiger partial charge is 0.508 e. The van der Waals surface area contributed by atoms with Crippen LogP contribution in [-0.2, 0) is 0 Å². The first-order valence-electron chi connectivity index (χ1n) is 6.27. The molecule has 1 atom stereocenters. The Morgan fingerprint density at radius 1 is 1.16 bits per heavy atom. The average molecular weight is 259 g/mol. The minimum absolute atomic E-state index is 0.114. The lowest BCUT2D eigenvalue weighted by atomic mass is 10.0. The summed E-state index contributed by atoms with van der Waals surface area (Å²) < 4.78 is 13.3. The van der Waals surface area contributed by atoms with E-state index in [0.29, 0.717) is 5.56 Å². The third kappa shape index (κ3) is 2.70. The van der Waals surface area contributed by atoms with Gasteiger partial charge in [-0.2, -0.15) is 0 Å². The molecule has 0 heterocycles. The van der Waals surface area contributed by atoms with Crippen LogP contribution in [0.1, 0.15) is 24.1 Å². The van der Waals surface area contributed by atoms with Crippen molar-refractivity contribution in [3.8, 4) is 5.75 Å². The highest BCUT2D eigenvalue weighted by Gasteiger charge is 2.17. The number of aromatic hydroxyl groups is 1. The Kier molecular flexibility index (Phi) is 3.74. The van der Waals surface area contributed by atoms with E-state index < -0.39 is 0 Å². The number of phenols is 1. The molecule has 0 saturated carbocycles. The SMILES string of the molecule is Cc1ccccc1N(C)C(C)c1cc(F)ccc1O. The molecule has 2 nitrogen and oxygen atoms in total. The van der Waals surface area contributed by atoms with E-state index in [2.05, 4.69) is 0 Å². The van der Waals surface area contributed by atoms with Crippen LogP contribution in [0, 0.1) is 12.7 Å². The van der Waals surface area contributed by atoms with Gasteiger partial charge in [0.25, 0.3) is 0 Å². The van der Waals surface area contributed by atoms with E-state index in [1.54, 1.807) is 0 Å². The fourth-order valence-corrected chi connectivity index (χ4v) is 2.24. The van der Waals surface area contributed by atoms with Gasteiger partial charge in [-0.3, -0.25) is 0 Å². The van der Waals surface area contributed by atoms with Crippen molar-refractivity contribution in [2.45, 2.75) is 19.9 Å². The Bertz CT molecular complexity index is 583. The first kappa shape index (κ1) is 13.4. The molecule has 0 radical (unpaired) electrons. The monoisotopic (exact) mass is 259 g/mol. The van der Waals surface area contributed by atoms with E-state index >= 15 is 0 Å². The Hall–Kier alpha value is -2.03. The number of phenolic OH excluding ortho intramolecular Hbond substituents is 1. The lowest BCUT2D eigenvalue weighted by Crippen LogP contribution is -2.22. The quantitative estimate of drug-likeness (QED) is 0.899.